The molecule has 0 heterocycles. The molecule has 0 aromatic rings. The lowest BCUT2D eigenvalue weighted by Gasteiger charge is -2.36. The summed E-state index contributed by atoms with van der Waals surface area (Å²) < 4.78 is 0.491. The Bertz CT molecular complexity index is 204. The molecule has 2 nitrogen and oxygen atoms in total. The highest BCUT2D eigenvalue weighted by Crippen LogP contribution is 2.37. The van der Waals surface area contributed by atoms with Crippen LogP contribution in [0.15, 0.2) is 0 Å². The molecule has 1 N–H and O–H groups in total. The van der Waals surface area contributed by atoms with Gasteiger partial charge in [0.15, 0.2) is 0 Å². The van der Waals surface area contributed by atoms with Gasteiger partial charge in [0.25, 0.3) is 0 Å². The third-order valence-corrected chi connectivity index (χ3v) is 4.71. The second kappa shape index (κ2) is 7.14. The van der Waals surface area contributed by atoms with Gasteiger partial charge >= 0.3 is 0 Å². The van der Waals surface area contributed by atoms with Crippen molar-refractivity contribution in [3.8, 4) is 6.07 Å². The van der Waals surface area contributed by atoms with E-state index in [4.69, 9.17) is 5.26 Å². The van der Waals surface area contributed by atoms with Crippen LogP contribution in [-0.4, -0.2) is 24.1 Å². The maximum absolute atomic E-state index is 8.43. The first-order chi connectivity index (χ1) is 7.33. The molecular weight excluding hydrogens is 204 g/mol. The van der Waals surface area contributed by atoms with E-state index < -0.39 is 0 Å². The smallest absolute Gasteiger partial charge is 0.0622 e. The topological polar surface area (TPSA) is 35.8 Å². The average molecular weight is 226 g/mol. The molecule has 0 aromatic heterocycles. The monoisotopic (exact) mass is 226 g/mol. The van der Waals surface area contributed by atoms with Gasteiger partial charge in [0.2, 0.25) is 0 Å². The number of nitrogens with zero attached hydrogens (tertiary/aromatic N) is 1. The van der Waals surface area contributed by atoms with E-state index in [2.05, 4.69) is 17.6 Å². The van der Waals surface area contributed by atoms with Crippen molar-refractivity contribution in [3.63, 3.8) is 0 Å². The molecule has 1 aliphatic carbocycles. The number of thioether (sulfide) groups is 1. The van der Waals surface area contributed by atoms with Crippen LogP contribution >= 0.6 is 11.8 Å². The molecule has 0 aliphatic heterocycles. The third-order valence-electron chi connectivity index (χ3n) is 3.29. The third kappa shape index (κ3) is 4.44. The van der Waals surface area contributed by atoms with Crippen LogP contribution in [0.25, 0.3) is 0 Å². The van der Waals surface area contributed by atoms with E-state index >= 15 is 0 Å². The fourth-order valence-electron chi connectivity index (χ4n) is 2.26. The van der Waals surface area contributed by atoms with Crippen molar-refractivity contribution < 1.29 is 0 Å². The van der Waals surface area contributed by atoms with Crippen LogP contribution in [0.4, 0.5) is 0 Å². The predicted molar refractivity (Wildman–Crippen MR) is 67.0 cm³/mol. The molecule has 1 aliphatic rings. The summed E-state index contributed by atoms with van der Waals surface area (Å²) in [4.78, 5) is 0. The van der Waals surface area contributed by atoms with Gasteiger partial charge in [-0.2, -0.15) is 17.0 Å². The molecule has 1 fully saturated rings. The van der Waals surface area contributed by atoms with Crippen molar-refractivity contribution in [3.05, 3.63) is 0 Å². The van der Waals surface area contributed by atoms with E-state index in [0.29, 0.717) is 11.2 Å². The maximum Gasteiger partial charge on any atom is 0.0622 e. The van der Waals surface area contributed by atoms with Crippen LogP contribution in [0.5, 0.6) is 0 Å². The lowest BCUT2D eigenvalue weighted by atomic mass is 9.88. The normalized spacial score (nSPS) is 19.7. The van der Waals surface area contributed by atoms with E-state index in [9.17, 15) is 0 Å². The lowest BCUT2D eigenvalue weighted by molar-refractivity contribution is 0.379. The summed E-state index contributed by atoms with van der Waals surface area (Å²) in [5, 5.41) is 11.9. The van der Waals surface area contributed by atoms with Gasteiger partial charge in [-0.3, -0.25) is 0 Å². The van der Waals surface area contributed by atoms with Gasteiger partial charge in [-0.05, 0) is 32.1 Å². The van der Waals surface area contributed by atoms with E-state index in [1.54, 1.807) is 0 Å². The fraction of sp³-hybridized carbons (Fsp3) is 0.917. The number of nitriles is 1. The number of hydrogen-bond donors (Lipinski definition) is 1. The molecule has 86 valence electrons. The Kier molecular flexibility index (Phi) is 6.12. The molecule has 0 unspecified atom stereocenters. The highest BCUT2D eigenvalue weighted by molar-refractivity contribution is 8.00. The second-order valence-electron chi connectivity index (χ2n) is 4.39. The summed E-state index contributed by atoms with van der Waals surface area (Å²) in [5.74, 6) is 0. The zero-order chi connectivity index (χ0) is 11.0. The fourth-order valence-corrected chi connectivity index (χ4v) is 3.20. The van der Waals surface area contributed by atoms with Gasteiger partial charge in [-0.25, -0.2) is 0 Å². The first kappa shape index (κ1) is 12.9. The van der Waals surface area contributed by atoms with Crippen molar-refractivity contribution in [1.29, 1.82) is 5.26 Å². The summed E-state index contributed by atoms with van der Waals surface area (Å²) in [6.45, 7) is 2.12. The standard InChI is InChI=1S/C12H22N2S/c1-15-12(7-3-2-4-8-12)11-14-10-6-5-9-13/h14H,2-8,10-11H2,1H3. The summed E-state index contributed by atoms with van der Waals surface area (Å²) in [6.07, 6.45) is 10.8. The van der Waals surface area contributed by atoms with E-state index in [0.717, 1.165) is 19.5 Å². The lowest BCUT2D eigenvalue weighted by Crippen LogP contribution is -2.39. The van der Waals surface area contributed by atoms with Crippen LogP contribution < -0.4 is 5.32 Å². The van der Waals surface area contributed by atoms with Gasteiger partial charge in [0, 0.05) is 17.7 Å². The van der Waals surface area contributed by atoms with Crippen molar-refractivity contribution in [2.45, 2.75) is 49.7 Å². The van der Waals surface area contributed by atoms with Gasteiger partial charge in [-0.1, -0.05) is 19.3 Å². The highest BCUT2D eigenvalue weighted by Gasteiger charge is 2.30. The van der Waals surface area contributed by atoms with Gasteiger partial charge in [0.05, 0.1) is 6.07 Å². The number of rotatable bonds is 6. The maximum atomic E-state index is 8.43. The number of nitrogens with one attached hydrogen (secondary N) is 1. The van der Waals surface area contributed by atoms with Crippen molar-refractivity contribution in [2.75, 3.05) is 19.3 Å². The average Bonchev–Trinajstić information content (AvgIpc) is 2.30. The molecule has 0 radical (unpaired) electrons. The molecule has 0 spiro atoms. The van der Waals surface area contributed by atoms with Crippen LogP contribution in [0, 0.1) is 11.3 Å². The van der Waals surface area contributed by atoms with Crippen LogP contribution in [-0.2, 0) is 0 Å². The van der Waals surface area contributed by atoms with E-state index in [1.807, 2.05) is 11.8 Å². The zero-order valence-corrected chi connectivity index (χ0v) is 10.5. The molecule has 3 heteroatoms. The second-order valence-corrected chi connectivity index (χ2v) is 5.66. The molecule has 1 rings (SSSR count). The molecule has 0 saturated heterocycles. The van der Waals surface area contributed by atoms with Gasteiger partial charge < -0.3 is 5.32 Å². The number of hydrogen-bond acceptors (Lipinski definition) is 3. The molecule has 1 saturated carbocycles. The Morgan fingerprint density at radius 1 is 1.33 bits per heavy atom. The van der Waals surface area contributed by atoms with Crippen LogP contribution in [0.1, 0.15) is 44.9 Å². The Balaban J connectivity index is 2.18. The molecular formula is C12H22N2S. The van der Waals surface area contributed by atoms with Gasteiger partial charge in [-0.15, -0.1) is 0 Å². The van der Waals surface area contributed by atoms with Crippen molar-refractivity contribution >= 4 is 11.8 Å². The van der Waals surface area contributed by atoms with Crippen molar-refractivity contribution in [2.24, 2.45) is 0 Å². The van der Waals surface area contributed by atoms with Crippen LogP contribution in [0.3, 0.4) is 0 Å². The predicted octanol–water partition coefficient (Wildman–Crippen LogP) is 2.95. The summed E-state index contributed by atoms with van der Waals surface area (Å²) in [5.41, 5.74) is 0. The Morgan fingerprint density at radius 2 is 2.07 bits per heavy atom. The Hall–Kier alpha value is -0.200. The first-order valence-electron chi connectivity index (χ1n) is 5.96. The minimum atomic E-state index is 0.491. The molecule has 0 bridgehead atoms. The summed E-state index contributed by atoms with van der Waals surface area (Å²) >= 11 is 2.03. The van der Waals surface area contributed by atoms with E-state index in [-0.39, 0.29) is 0 Å². The van der Waals surface area contributed by atoms with Crippen LogP contribution in [0.2, 0.25) is 0 Å². The van der Waals surface area contributed by atoms with Crippen molar-refractivity contribution in [1.82, 2.24) is 5.32 Å². The number of unbranched alkanes of at least 4 members (excludes halogenated alkanes) is 1. The quantitative estimate of drug-likeness (QED) is 0.707. The summed E-state index contributed by atoms with van der Waals surface area (Å²) in [6, 6.07) is 2.18. The molecule has 0 amide bonds. The minimum absolute atomic E-state index is 0.491. The Morgan fingerprint density at radius 3 is 2.67 bits per heavy atom. The minimum Gasteiger partial charge on any atom is -0.315 e. The summed E-state index contributed by atoms with van der Waals surface area (Å²) in [7, 11) is 0. The molecule has 0 atom stereocenters. The first-order valence-corrected chi connectivity index (χ1v) is 7.18. The van der Waals surface area contributed by atoms with Gasteiger partial charge in [0.1, 0.15) is 0 Å². The SMILES string of the molecule is CSC1(CNCCCC#N)CCCCC1. The Labute approximate surface area is 97.8 Å². The molecule has 15 heavy (non-hydrogen) atoms. The molecule has 0 aromatic carbocycles. The largest absolute Gasteiger partial charge is 0.315 e. The van der Waals surface area contributed by atoms with E-state index in [1.165, 1.54) is 32.1 Å². The zero-order valence-electron chi connectivity index (χ0n) is 9.72. The highest BCUT2D eigenvalue weighted by atomic mass is 32.2.